The monoisotopic (exact) mass is 267 g/mol. The van der Waals surface area contributed by atoms with Crippen LogP contribution in [0.2, 0.25) is 10.0 Å². The number of hydrogen-bond acceptors (Lipinski definition) is 1. The van der Waals surface area contributed by atoms with Crippen molar-refractivity contribution in [1.82, 2.24) is 0 Å². The van der Waals surface area contributed by atoms with Crippen LogP contribution in [0, 0.1) is 17.1 Å². The molecule has 0 N–H and O–H groups in total. The third-order valence-corrected chi connectivity index (χ3v) is 2.48. The number of hydrogen-bond donors (Lipinski definition) is 0. The van der Waals surface area contributed by atoms with Gasteiger partial charge in [0.25, 0.3) is 0 Å². The average Bonchev–Trinajstić information content (AvgIpc) is 2.01. The van der Waals surface area contributed by atoms with Gasteiger partial charge in [0.05, 0.1) is 15.6 Å². The normalized spacial score (nSPS) is 9.58. The van der Waals surface area contributed by atoms with Gasteiger partial charge in [-0.05, 0) is 22.0 Å². The van der Waals surface area contributed by atoms with E-state index in [1.807, 2.05) is 0 Å². The summed E-state index contributed by atoms with van der Waals surface area (Å²) in [5.74, 6) is -0.766. The van der Waals surface area contributed by atoms with Crippen LogP contribution in [0.25, 0.3) is 0 Å². The number of benzene rings is 1. The van der Waals surface area contributed by atoms with E-state index in [1.165, 1.54) is 6.07 Å². The molecule has 0 heterocycles. The van der Waals surface area contributed by atoms with Crippen LogP contribution in [0.4, 0.5) is 4.39 Å². The Bertz CT molecular complexity index is 373. The summed E-state index contributed by atoms with van der Waals surface area (Å²) in [6.07, 6.45) is 0. The first kappa shape index (κ1) is 9.79. The van der Waals surface area contributed by atoms with Crippen molar-refractivity contribution in [2.75, 3.05) is 0 Å². The second kappa shape index (κ2) is 3.61. The third-order valence-electron chi connectivity index (χ3n) is 1.23. The molecule has 0 bridgehead atoms. The molecule has 0 aromatic heterocycles. The van der Waals surface area contributed by atoms with Crippen LogP contribution in [0.3, 0.4) is 0 Å². The minimum absolute atomic E-state index is 0.0542. The molecule has 0 aliphatic heterocycles. The molecule has 62 valence electrons. The van der Waals surface area contributed by atoms with Crippen LogP contribution >= 0.6 is 39.1 Å². The molecule has 1 nitrogen and oxygen atoms in total. The number of rotatable bonds is 0. The minimum atomic E-state index is -0.766. The van der Waals surface area contributed by atoms with Gasteiger partial charge in [-0.3, -0.25) is 0 Å². The molecule has 0 fully saturated rings. The van der Waals surface area contributed by atoms with Gasteiger partial charge in [-0.15, -0.1) is 0 Å². The molecule has 0 aliphatic carbocycles. The van der Waals surface area contributed by atoms with Crippen LogP contribution in [-0.4, -0.2) is 0 Å². The summed E-state index contributed by atoms with van der Waals surface area (Å²) in [5, 5.41) is 8.18. The molecule has 0 unspecified atom stereocenters. The summed E-state index contributed by atoms with van der Waals surface area (Å²) in [6, 6.07) is 3.05. The quantitative estimate of drug-likeness (QED) is 0.519. The van der Waals surface area contributed by atoms with Gasteiger partial charge in [0.1, 0.15) is 6.07 Å². The lowest BCUT2D eigenvalue weighted by Crippen LogP contribution is -1.86. The van der Waals surface area contributed by atoms with Crippen molar-refractivity contribution >= 4 is 39.1 Å². The highest BCUT2D eigenvalue weighted by atomic mass is 79.9. The maximum atomic E-state index is 12.9. The average molecular weight is 269 g/mol. The summed E-state index contributed by atoms with van der Waals surface area (Å²) in [6.45, 7) is 0. The molecule has 0 spiro atoms. The number of nitriles is 1. The Balaban J connectivity index is 3.54. The van der Waals surface area contributed by atoms with Gasteiger partial charge in [0, 0.05) is 4.47 Å². The van der Waals surface area contributed by atoms with Crippen molar-refractivity contribution in [2.24, 2.45) is 0 Å². The van der Waals surface area contributed by atoms with Crippen molar-refractivity contribution in [3.05, 3.63) is 32.0 Å². The first-order valence-corrected chi connectivity index (χ1v) is 4.36. The van der Waals surface area contributed by atoms with Gasteiger partial charge in [0.15, 0.2) is 5.82 Å². The Morgan fingerprint density at radius 2 is 2.08 bits per heavy atom. The van der Waals surface area contributed by atoms with Crippen molar-refractivity contribution in [1.29, 1.82) is 5.26 Å². The zero-order chi connectivity index (χ0) is 9.30. The van der Waals surface area contributed by atoms with Crippen LogP contribution in [-0.2, 0) is 0 Å². The standard InChI is InChI=1S/C7HBrCl2FN/c8-4-1-5(9)7(11)6(10)3(4)2-12/h1H. The zero-order valence-electron chi connectivity index (χ0n) is 5.54. The Morgan fingerprint density at radius 1 is 1.50 bits per heavy atom. The minimum Gasteiger partial charge on any atom is -0.204 e. The van der Waals surface area contributed by atoms with E-state index in [2.05, 4.69) is 15.9 Å². The van der Waals surface area contributed by atoms with Crippen molar-refractivity contribution in [2.45, 2.75) is 0 Å². The molecule has 5 heteroatoms. The highest BCUT2D eigenvalue weighted by Crippen LogP contribution is 2.31. The molecule has 12 heavy (non-hydrogen) atoms. The van der Waals surface area contributed by atoms with Gasteiger partial charge in [-0.1, -0.05) is 23.2 Å². The summed E-state index contributed by atoms with van der Waals surface area (Å²) >= 11 is 14.0. The van der Waals surface area contributed by atoms with Gasteiger partial charge in [-0.2, -0.15) is 5.26 Å². The van der Waals surface area contributed by atoms with Gasteiger partial charge in [0.2, 0.25) is 0 Å². The summed E-state index contributed by atoms with van der Waals surface area (Å²) in [7, 11) is 0. The van der Waals surface area contributed by atoms with E-state index in [-0.39, 0.29) is 15.6 Å². The van der Waals surface area contributed by atoms with E-state index in [0.29, 0.717) is 4.47 Å². The maximum Gasteiger partial charge on any atom is 0.161 e. The number of nitrogens with zero attached hydrogens (tertiary/aromatic N) is 1. The predicted molar refractivity (Wildman–Crippen MR) is 48.8 cm³/mol. The molecule has 0 saturated carbocycles. The van der Waals surface area contributed by atoms with E-state index in [1.54, 1.807) is 6.07 Å². The van der Waals surface area contributed by atoms with Crippen molar-refractivity contribution < 1.29 is 4.39 Å². The molecule has 0 saturated heterocycles. The molecule has 1 rings (SSSR count). The summed E-state index contributed by atoms with van der Waals surface area (Å²) < 4.78 is 13.3. The molecule has 0 radical (unpaired) electrons. The topological polar surface area (TPSA) is 23.8 Å². The van der Waals surface area contributed by atoms with Crippen molar-refractivity contribution in [3.63, 3.8) is 0 Å². The molecular weight excluding hydrogens is 268 g/mol. The van der Waals surface area contributed by atoms with E-state index in [9.17, 15) is 4.39 Å². The van der Waals surface area contributed by atoms with Gasteiger partial charge >= 0.3 is 0 Å². The highest BCUT2D eigenvalue weighted by molar-refractivity contribution is 9.10. The molecule has 1 aromatic rings. The Kier molecular flexibility index (Phi) is 2.94. The molecule has 0 aliphatic rings. The zero-order valence-corrected chi connectivity index (χ0v) is 8.63. The van der Waals surface area contributed by atoms with Crippen LogP contribution in [0.5, 0.6) is 0 Å². The molecule has 1 aromatic carbocycles. The van der Waals surface area contributed by atoms with Crippen LogP contribution in [0.1, 0.15) is 5.56 Å². The summed E-state index contributed by atoms with van der Waals surface area (Å²) in [5.41, 5.74) is 0.0542. The van der Waals surface area contributed by atoms with E-state index in [0.717, 1.165) is 0 Å². The van der Waals surface area contributed by atoms with E-state index >= 15 is 0 Å². The lowest BCUT2D eigenvalue weighted by molar-refractivity contribution is 0.628. The second-order valence-corrected chi connectivity index (χ2v) is 3.59. The molecule has 0 atom stereocenters. The number of halogens is 4. The second-order valence-electron chi connectivity index (χ2n) is 1.95. The summed E-state index contributed by atoms with van der Waals surface area (Å²) in [4.78, 5) is 0. The van der Waals surface area contributed by atoms with E-state index in [4.69, 9.17) is 28.5 Å². The maximum absolute atomic E-state index is 12.9. The SMILES string of the molecule is N#Cc1c(Br)cc(Cl)c(F)c1Cl. The van der Waals surface area contributed by atoms with Crippen LogP contribution < -0.4 is 0 Å². The fourth-order valence-electron chi connectivity index (χ4n) is 0.669. The van der Waals surface area contributed by atoms with Gasteiger partial charge in [-0.25, -0.2) is 4.39 Å². The first-order chi connectivity index (χ1) is 5.57. The molecular formula is C7HBrCl2FN. The highest BCUT2D eigenvalue weighted by Gasteiger charge is 2.13. The van der Waals surface area contributed by atoms with E-state index < -0.39 is 5.82 Å². The van der Waals surface area contributed by atoms with Crippen molar-refractivity contribution in [3.8, 4) is 6.07 Å². The molecule has 0 amide bonds. The third kappa shape index (κ3) is 1.56. The predicted octanol–water partition coefficient (Wildman–Crippen LogP) is 3.77. The Hall–Kier alpha value is -0.300. The lowest BCUT2D eigenvalue weighted by Gasteiger charge is -2.01. The first-order valence-electron chi connectivity index (χ1n) is 2.81. The van der Waals surface area contributed by atoms with Crippen LogP contribution in [0.15, 0.2) is 10.5 Å². The fourth-order valence-corrected chi connectivity index (χ4v) is 1.93. The fraction of sp³-hybridized carbons (Fsp3) is 0. The largest absolute Gasteiger partial charge is 0.204 e. The smallest absolute Gasteiger partial charge is 0.161 e. The lowest BCUT2D eigenvalue weighted by atomic mass is 10.2. The van der Waals surface area contributed by atoms with Gasteiger partial charge < -0.3 is 0 Å². The Morgan fingerprint density at radius 3 is 2.58 bits per heavy atom. The Labute approximate surface area is 86.8 Å².